The Morgan fingerprint density at radius 2 is 2.35 bits per heavy atom. The van der Waals surface area contributed by atoms with E-state index in [-0.39, 0.29) is 5.91 Å². The lowest BCUT2D eigenvalue weighted by molar-refractivity contribution is -0.120. The van der Waals surface area contributed by atoms with Crippen LogP contribution < -0.4 is 5.32 Å². The van der Waals surface area contributed by atoms with Crippen molar-refractivity contribution < 1.29 is 4.79 Å². The first-order valence-electron chi connectivity index (χ1n) is 5.20. The Balaban J connectivity index is 2.36. The van der Waals surface area contributed by atoms with Gasteiger partial charge in [0.15, 0.2) is 4.77 Å². The molecule has 0 saturated heterocycles. The molecule has 6 heteroatoms. The smallest absolute Gasteiger partial charge is 0.221 e. The molecule has 0 aliphatic heterocycles. The molecule has 0 spiro atoms. The molecular weight excluding hydrogens is 302 g/mol. The van der Waals surface area contributed by atoms with Gasteiger partial charge in [-0.2, -0.15) is 0 Å². The average molecular weight is 314 g/mol. The van der Waals surface area contributed by atoms with Gasteiger partial charge in [0.05, 0.1) is 11.0 Å². The summed E-state index contributed by atoms with van der Waals surface area (Å²) in [6.45, 7) is 0.583. The van der Waals surface area contributed by atoms with Crippen molar-refractivity contribution >= 4 is 45.1 Å². The highest BCUT2D eigenvalue weighted by Gasteiger charge is 2.06. The van der Waals surface area contributed by atoms with Gasteiger partial charge in [-0.1, -0.05) is 15.9 Å². The van der Waals surface area contributed by atoms with Crippen LogP contribution in [0, 0.1) is 4.77 Å². The number of carbonyl (C=O) groups is 1. The van der Waals surface area contributed by atoms with Crippen LogP contribution in [0.5, 0.6) is 0 Å². The van der Waals surface area contributed by atoms with Gasteiger partial charge in [-0.15, -0.1) is 0 Å². The molecule has 1 aromatic carbocycles. The predicted octanol–water partition coefficient (Wildman–Crippen LogP) is 2.60. The van der Waals surface area contributed by atoms with Gasteiger partial charge in [0.2, 0.25) is 5.91 Å². The van der Waals surface area contributed by atoms with E-state index in [2.05, 4.69) is 26.2 Å². The first-order chi connectivity index (χ1) is 8.11. The number of hydrogen-bond donors (Lipinski definition) is 2. The summed E-state index contributed by atoms with van der Waals surface area (Å²) in [6, 6.07) is 5.92. The molecule has 90 valence electrons. The van der Waals surface area contributed by atoms with Crippen molar-refractivity contribution in [3.8, 4) is 0 Å². The summed E-state index contributed by atoms with van der Waals surface area (Å²) in [6.07, 6.45) is 0.424. The number of aromatic amines is 1. The lowest BCUT2D eigenvalue weighted by Crippen LogP contribution is -2.19. The molecule has 0 radical (unpaired) electrons. The van der Waals surface area contributed by atoms with E-state index in [1.54, 1.807) is 7.05 Å². The van der Waals surface area contributed by atoms with Gasteiger partial charge in [-0.3, -0.25) is 4.79 Å². The molecule has 0 saturated carbocycles. The molecule has 0 unspecified atom stereocenters. The Morgan fingerprint density at radius 1 is 1.59 bits per heavy atom. The third-order valence-electron chi connectivity index (χ3n) is 2.58. The summed E-state index contributed by atoms with van der Waals surface area (Å²) >= 11 is 8.66. The highest BCUT2D eigenvalue weighted by atomic mass is 79.9. The van der Waals surface area contributed by atoms with Crippen LogP contribution in [0.1, 0.15) is 6.42 Å². The molecule has 0 aliphatic rings. The number of nitrogens with zero attached hydrogens (tertiary/aromatic N) is 1. The van der Waals surface area contributed by atoms with Crippen LogP contribution in [0.25, 0.3) is 11.0 Å². The van der Waals surface area contributed by atoms with Gasteiger partial charge >= 0.3 is 0 Å². The fraction of sp³-hybridized carbons (Fsp3) is 0.273. The van der Waals surface area contributed by atoms with Crippen molar-refractivity contribution in [1.29, 1.82) is 0 Å². The molecule has 1 heterocycles. The number of halogens is 1. The number of benzene rings is 1. The van der Waals surface area contributed by atoms with Crippen LogP contribution in [-0.4, -0.2) is 22.5 Å². The minimum atomic E-state index is 0.0124. The molecule has 2 rings (SSSR count). The summed E-state index contributed by atoms with van der Waals surface area (Å²) in [5, 5.41) is 2.60. The summed E-state index contributed by atoms with van der Waals surface area (Å²) in [4.78, 5) is 14.4. The Morgan fingerprint density at radius 3 is 3.06 bits per heavy atom. The maximum Gasteiger partial charge on any atom is 0.221 e. The Labute approximate surface area is 112 Å². The lowest BCUT2D eigenvalue weighted by atomic mass is 10.3. The van der Waals surface area contributed by atoms with Gasteiger partial charge < -0.3 is 14.9 Å². The van der Waals surface area contributed by atoms with E-state index < -0.39 is 0 Å². The number of fused-ring (bicyclic) bond motifs is 1. The van der Waals surface area contributed by atoms with Crippen LogP contribution in [0.4, 0.5) is 0 Å². The van der Waals surface area contributed by atoms with Crippen molar-refractivity contribution in [1.82, 2.24) is 14.9 Å². The van der Waals surface area contributed by atoms with E-state index in [0.717, 1.165) is 15.5 Å². The molecule has 0 fully saturated rings. The van der Waals surface area contributed by atoms with Crippen LogP contribution in [-0.2, 0) is 11.3 Å². The predicted molar refractivity (Wildman–Crippen MR) is 73.5 cm³/mol. The van der Waals surface area contributed by atoms with E-state index in [9.17, 15) is 4.79 Å². The SMILES string of the molecule is CNC(=O)CCn1c(=S)[nH]c2cc(Br)ccc21. The van der Waals surface area contributed by atoms with E-state index in [0.29, 0.717) is 17.7 Å². The molecule has 2 N–H and O–H groups in total. The number of aryl methyl sites for hydroxylation is 1. The van der Waals surface area contributed by atoms with Gasteiger partial charge in [-0.05, 0) is 30.4 Å². The molecule has 4 nitrogen and oxygen atoms in total. The van der Waals surface area contributed by atoms with Gasteiger partial charge in [0.1, 0.15) is 0 Å². The van der Waals surface area contributed by atoms with Crippen molar-refractivity contribution in [2.75, 3.05) is 7.05 Å². The molecule has 17 heavy (non-hydrogen) atoms. The third kappa shape index (κ3) is 2.58. The lowest BCUT2D eigenvalue weighted by Gasteiger charge is -2.03. The second-order valence-corrected chi connectivity index (χ2v) is 4.97. The fourth-order valence-electron chi connectivity index (χ4n) is 1.70. The molecule has 1 amide bonds. The quantitative estimate of drug-likeness (QED) is 0.856. The summed E-state index contributed by atoms with van der Waals surface area (Å²) in [7, 11) is 1.63. The fourth-order valence-corrected chi connectivity index (χ4v) is 2.36. The number of aromatic nitrogens is 2. The first-order valence-corrected chi connectivity index (χ1v) is 6.40. The second kappa shape index (κ2) is 5.01. The summed E-state index contributed by atoms with van der Waals surface area (Å²) in [5.41, 5.74) is 1.99. The zero-order chi connectivity index (χ0) is 12.4. The largest absolute Gasteiger partial charge is 0.359 e. The minimum absolute atomic E-state index is 0.0124. The number of carbonyl (C=O) groups excluding carboxylic acids is 1. The summed E-state index contributed by atoms with van der Waals surface area (Å²) in [5.74, 6) is 0.0124. The Bertz CT molecular complexity index is 617. The van der Waals surface area contributed by atoms with Gasteiger partial charge in [0.25, 0.3) is 0 Å². The maximum atomic E-state index is 11.2. The van der Waals surface area contributed by atoms with Crippen LogP contribution >= 0.6 is 28.1 Å². The van der Waals surface area contributed by atoms with Crippen LogP contribution in [0.3, 0.4) is 0 Å². The zero-order valence-electron chi connectivity index (χ0n) is 9.29. The minimum Gasteiger partial charge on any atom is -0.359 e. The van der Waals surface area contributed by atoms with Crippen molar-refractivity contribution in [3.63, 3.8) is 0 Å². The van der Waals surface area contributed by atoms with Crippen molar-refractivity contribution in [2.24, 2.45) is 0 Å². The Hall–Kier alpha value is -1.14. The third-order valence-corrected chi connectivity index (χ3v) is 3.39. The second-order valence-electron chi connectivity index (χ2n) is 3.67. The van der Waals surface area contributed by atoms with E-state index in [1.165, 1.54) is 0 Å². The molecule has 2 aromatic rings. The van der Waals surface area contributed by atoms with E-state index in [1.807, 2.05) is 22.8 Å². The standard InChI is InChI=1S/C11H12BrN3OS/c1-13-10(16)4-5-15-9-3-2-7(12)6-8(9)14-11(15)17/h2-3,6H,4-5H2,1H3,(H,13,16)(H,14,17). The number of nitrogens with one attached hydrogen (secondary N) is 2. The molecule has 0 aliphatic carbocycles. The number of amides is 1. The zero-order valence-corrected chi connectivity index (χ0v) is 11.7. The molecule has 1 aromatic heterocycles. The number of hydrogen-bond acceptors (Lipinski definition) is 2. The molecular formula is C11H12BrN3OS. The van der Waals surface area contributed by atoms with Gasteiger partial charge in [0, 0.05) is 24.5 Å². The first kappa shape index (κ1) is 12.3. The van der Waals surface area contributed by atoms with Crippen LogP contribution in [0.15, 0.2) is 22.7 Å². The van der Waals surface area contributed by atoms with Gasteiger partial charge in [-0.25, -0.2) is 0 Å². The number of imidazole rings is 1. The molecule has 0 bridgehead atoms. The van der Waals surface area contributed by atoms with Crippen LogP contribution in [0.2, 0.25) is 0 Å². The van der Waals surface area contributed by atoms with E-state index in [4.69, 9.17) is 12.2 Å². The van der Waals surface area contributed by atoms with E-state index >= 15 is 0 Å². The average Bonchev–Trinajstić information content (AvgIpc) is 2.61. The van der Waals surface area contributed by atoms with Crippen molar-refractivity contribution in [3.05, 3.63) is 27.4 Å². The van der Waals surface area contributed by atoms with Crippen molar-refractivity contribution in [2.45, 2.75) is 13.0 Å². The monoisotopic (exact) mass is 313 g/mol. The molecule has 0 atom stereocenters. The maximum absolute atomic E-state index is 11.2. The number of H-pyrrole nitrogens is 1. The number of rotatable bonds is 3. The Kier molecular flexibility index (Phi) is 3.63. The highest BCUT2D eigenvalue weighted by Crippen LogP contribution is 2.19. The highest BCUT2D eigenvalue weighted by molar-refractivity contribution is 9.10. The topological polar surface area (TPSA) is 49.8 Å². The normalized spacial score (nSPS) is 10.7. The summed E-state index contributed by atoms with van der Waals surface area (Å²) < 4.78 is 3.58.